The average Bonchev–Trinajstić information content (AvgIpc) is 3.52. The fourth-order valence-electron chi connectivity index (χ4n) is 3.46. The Bertz CT molecular complexity index is 744. The summed E-state index contributed by atoms with van der Waals surface area (Å²) >= 11 is 0. The number of aliphatic carboxylic acids is 1. The molecule has 0 bridgehead atoms. The van der Waals surface area contributed by atoms with Gasteiger partial charge in [-0.05, 0) is 37.8 Å². The number of nitrogens with zero attached hydrogens (tertiary/aromatic N) is 1. The molecule has 1 saturated heterocycles. The molecule has 28 heavy (non-hydrogen) atoms. The summed E-state index contributed by atoms with van der Waals surface area (Å²) in [6.07, 6.45) is 2.92. The molecule has 0 radical (unpaired) electrons. The first-order valence-electron chi connectivity index (χ1n) is 9.47. The van der Waals surface area contributed by atoms with E-state index in [4.69, 9.17) is 9.47 Å². The van der Waals surface area contributed by atoms with Crippen LogP contribution in [0.4, 0.5) is 5.69 Å². The van der Waals surface area contributed by atoms with E-state index in [0.29, 0.717) is 30.8 Å². The second-order valence-electron chi connectivity index (χ2n) is 7.52. The predicted octanol–water partition coefficient (Wildman–Crippen LogP) is 1.75. The summed E-state index contributed by atoms with van der Waals surface area (Å²) in [6, 6.07) is 6.90. The van der Waals surface area contributed by atoms with Crippen molar-refractivity contribution in [2.75, 3.05) is 38.7 Å². The van der Waals surface area contributed by atoms with E-state index in [1.165, 1.54) is 12.0 Å². The van der Waals surface area contributed by atoms with Gasteiger partial charge in [-0.3, -0.25) is 14.4 Å². The summed E-state index contributed by atoms with van der Waals surface area (Å²) < 4.78 is 10.7. The first kappa shape index (κ1) is 20.1. The molecular formula is C20H26N2O6. The van der Waals surface area contributed by atoms with Crippen LogP contribution in [0.3, 0.4) is 0 Å². The maximum absolute atomic E-state index is 12.5. The minimum absolute atomic E-state index is 0.00435. The highest BCUT2D eigenvalue weighted by molar-refractivity contribution is 5.94. The van der Waals surface area contributed by atoms with Crippen LogP contribution in [0.2, 0.25) is 0 Å². The average molecular weight is 390 g/mol. The Morgan fingerprint density at radius 1 is 1.32 bits per heavy atom. The third-order valence-corrected chi connectivity index (χ3v) is 5.22. The number of carboxylic acids is 1. The highest BCUT2D eigenvalue weighted by Crippen LogP contribution is 2.32. The van der Waals surface area contributed by atoms with Crippen molar-refractivity contribution < 1.29 is 29.0 Å². The Hall–Kier alpha value is -2.61. The Morgan fingerprint density at radius 3 is 2.79 bits per heavy atom. The summed E-state index contributed by atoms with van der Waals surface area (Å²) in [5, 5.41) is 12.4. The van der Waals surface area contributed by atoms with Gasteiger partial charge in [0, 0.05) is 37.9 Å². The number of ether oxygens (including phenoxy) is 2. The summed E-state index contributed by atoms with van der Waals surface area (Å²) in [6.45, 7) is 0.479. The van der Waals surface area contributed by atoms with E-state index < -0.39 is 11.4 Å². The zero-order chi connectivity index (χ0) is 20.1. The summed E-state index contributed by atoms with van der Waals surface area (Å²) in [7, 11) is 1.46. The molecule has 152 valence electrons. The van der Waals surface area contributed by atoms with Crippen LogP contribution < -0.4 is 10.1 Å². The number of anilines is 1. The number of carbonyl (C=O) groups is 3. The van der Waals surface area contributed by atoms with Gasteiger partial charge in [0.1, 0.15) is 11.2 Å². The molecule has 0 aromatic heterocycles. The maximum Gasteiger partial charge on any atom is 0.313 e. The minimum atomic E-state index is -1.07. The Kier molecular flexibility index (Phi) is 6.18. The molecule has 0 spiro atoms. The molecule has 1 unspecified atom stereocenters. The number of carbonyl (C=O) groups excluding carboxylic acids is 2. The standard InChI is InChI=1S/C20H26N2O6/c1-27-13-20(19(25)26)8-3-9-22(12-20)17(23)11-28-16-5-2-4-15(10-16)21-18(24)14-6-7-14/h2,4-5,10,14H,3,6-9,11-13H2,1H3,(H,21,24)(H,25,26). The Labute approximate surface area is 163 Å². The van der Waals surface area contributed by atoms with E-state index in [2.05, 4.69) is 5.32 Å². The van der Waals surface area contributed by atoms with E-state index in [-0.39, 0.29) is 37.5 Å². The number of piperidine rings is 1. The quantitative estimate of drug-likeness (QED) is 0.701. The first-order chi connectivity index (χ1) is 13.4. The van der Waals surface area contributed by atoms with Crippen LogP contribution in [0.25, 0.3) is 0 Å². The molecule has 1 aromatic rings. The van der Waals surface area contributed by atoms with Gasteiger partial charge in [0.2, 0.25) is 5.91 Å². The molecule has 2 amide bonds. The van der Waals surface area contributed by atoms with Crippen molar-refractivity contribution in [1.29, 1.82) is 0 Å². The minimum Gasteiger partial charge on any atom is -0.484 e. The third kappa shape index (κ3) is 4.81. The molecule has 2 N–H and O–H groups in total. The molecule has 1 aliphatic heterocycles. The molecule has 2 aliphatic rings. The van der Waals surface area contributed by atoms with Gasteiger partial charge in [-0.1, -0.05) is 6.07 Å². The lowest BCUT2D eigenvalue weighted by Crippen LogP contribution is -2.53. The molecule has 8 heteroatoms. The van der Waals surface area contributed by atoms with Crippen molar-refractivity contribution in [2.45, 2.75) is 25.7 Å². The molecule has 8 nitrogen and oxygen atoms in total. The molecule has 1 aliphatic carbocycles. The van der Waals surface area contributed by atoms with Gasteiger partial charge in [0.25, 0.3) is 5.91 Å². The van der Waals surface area contributed by atoms with Gasteiger partial charge in [-0.15, -0.1) is 0 Å². The smallest absolute Gasteiger partial charge is 0.313 e. The van der Waals surface area contributed by atoms with Gasteiger partial charge < -0.3 is 24.8 Å². The zero-order valence-electron chi connectivity index (χ0n) is 16.0. The van der Waals surface area contributed by atoms with Crippen molar-refractivity contribution in [3.8, 4) is 5.75 Å². The SMILES string of the molecule is COCC1(C(=O)O)CCCN(C(=O)COc2cccc(NC(=O)C3CC3)c2)C1. The number of rotatable bonds is 8. The lowest BCUT2D eigenvalue weighted by Gasteiger charge is -2.39. The van der Waals surface area contributed by atoms with Crippen LogP contribution in [0, 0.1) is 11.3 Å². The van der Waals surface area contributed by atoms with Gasteiger partial charge in [0.15, 0.2) is 6.61 Å². The Balaban J connectivity index is 1.56. The largest absolute Gasteiger partial charge is 0.484 e. The Morgan fingerprint density at radius 2 is 2.11 bits per heavy atom. The normalized spacial score (nSPS) is 21.8. The second kappa shape index (κ2) is 8.60. The number of amides is 2. The van der Waals surface area contributed by atoms with Gasteiger partial charge in [0.05, 0.1) is 6.61 Å². The van der Waals surface area contributed by atoms with Crippen LogP contribution in [-0.4, -0.2) is 61.2 Å². The fourth-order valence-corrected chi connectivity index (χ4v) is 3.46. The number of hydrogen-bond acceptors (Lipinski definition) is 5. The third-order valence-electron chi connectivity index (χ3n) is 5.22. The molecule has 2 fully saturated rings. The van der Waals surface area contributed by atoms with Crippen molar-refractivity contribution in [1.82, 2.24) is 4.90 Å². The number of nitrogens with one attached hydrogen (secondary N) is 1. The monoisotopic (exact) mass is 390 g/mol. The highest BCUT2D eigenvalue weighted by Gasteiger charge is 2.43. The molecule has 1 saturated carbocycles. The van der Waals surface area contributed by atoms with Crippen LogP contribution >= 0.6 is 0 Å². The maximum atomic E-state index is 12.5. The number of likely N-dealkylation sites (tertiary alicyclic amines) is 1. The molecule has 1 atom stereocenters. The molecule has 1 aromatic carbocycles. The van der Waals surface area contributed by atoms with Crippen LogP contribution in [-0.2, 0) is 19.1 Å². The lowest BCUT2D eigenvalue weighted by atomic mass is 9.80. The number of methoxy groups -OCH3 is 1. The van der Waals surface area contributed by atoms with E-state index in [1.54, 1.807) is 24.3 Å². The number of hydrogen-bond donors (Lipinski definition) is 2. The van der Waals surface area contributed by atoms with E-state index >= 15 is 0 Å². The number of carboxylic acid groups (broad SMARTS) is 1. The fraction of sp³-hybridized carbons (Fsp3) is 0.550. The predicted molar refractivity (Wildman–Crippen MR) is 101 cm³/mol. The topological polar surface area (TPSA) is 105 Å². The van der Waals surface area contributed by atoms with Gasteiger partial charge in [-0.2, -0.15) is 0 Å². The van der Waals surface area contributed by atoms with E-state index in [9.17, 15) is 19.5 Å². The summed E-state index contributed by atoms with van der Waals surface area (Å²) in [5.74, 6) is -0.641. The molecule has 3 rings (SSSR count). The zero-order valence-corrected chi connectivity index (χ0v) is 16.0. The van der Waals surface area contributed by atoms with Crippen molar-refractivity contribution in [2.24, 2.45) is 11.3 Å². The number of benzene rings is 1. The van der Waals surface area contributed by atoms with Crippen molar-refractivity contribution >= 4 is 23.5 Å². The van der Waals surface area contributed by atoms with Gasteiger partial charge in [-0.25, -0.2) is 0 Å². The lowest BCUT2D eigenvalue weighted by molar-refractivity contribution is -0.159. The van der Waals surface area contributed by atoms with Crippen molar-refractivity contribution in [3.63, 3.8) is 0 Å². The van der Waals surface area contributed by atoms with Gasteiger partial charge >= 0.3 is 5.97 Å². The van der Waals surface area contributed by atoms with Crippen LogP contribution in [0.5, 0.6) is 5.75 Å². The highest BCUT2D eigenvalue weighted by atomic mass is 16.5. The van der Waals surface area contributed by atoms with Crippen LogP contribution in [0.15, 0.2) is 24.3 Å². The molecular weight excluding hydrogens is 364 g/mol. The van der Waals surface area contributed by atoms with E-state index in [0.717, 1.165) is 12.8 Å². The van der Waals surface area contributed by atoms with E-state index in [1.807, 2.05) is 0 Å². The molecule has 1 heterocycles. The van der Waals surface area contributed by atoms with Crippen molar-refractivity contribution in [3.05, 3.63) is 24.3 Å². The van der Waals surface area contributed by atoms with Crippen LogP contribution in [0.1, 0.15) is 25.7 Å². The second-order valence-corrected chi connectivity index (χ2v) is 7.52. The first-order valence-corrected chi connectivity index (χ1v) is 9.47. The summed E-state index contributed by atoms with van der Waals surface area (Å²) in [4.78, 5) is 37.6. The summed E-state index contributed by atoms with van der Waals surface area (Å²) in [5.41, 5.74) is -0.444.